The molecule has 0 aromatic heterocycles. The van der Waals surface area contributed by atoms with E-state index in [4.69, 9.17) is 4.74 Å². The summed E-state index contributed by atoms with van der Waals surface area (Å²) in [6, 6.07) is 16.0. The van der Waals surface area contributed by atoms with Crippen LogP contribution >= 0.6 is 0 Å². The molecule has 2 rings (SSSR count). The predicted molar refractivity (Wildman–Crippen MR) is 92.3 cm³/mol. The van der Waals surface area contributed by atoms with Gasteiger partial charge in [0.25, 0.3) is 0 Å². The van der Waals surface area contributed by atoms with Crippen LogP contribution in [-0.4, -0.2) is 19.6 Å². The summed E-state index contributed by atoms with van der Waals surface area (Å²) in [4.78, 5) is 11.9. The Kier molecular flexibility index (Phi) is 6.63. The van der Waals surface area contributed by atoms with Gasteiger partial charge in [-0.25, -0.2) is 0 Å². The maximum Gasteiger partial charge on any atom is 0.221 e. The monoisotopic (exact) mass is 312 g/mol. The molecule has 2 N–H and O–H groups in total. The topological polar surface area (TPSA) is 50.4 Å². The van der Waals surface area contributed by atoms with E-state index in [9.17, 15) is 4.79 Å². The summed E-state index contributed by atoms with van der Waals surface area (Å²) >= 11 is 0. The van der Waals surface area contributed by atoms with Gasteiger partial charge in [0.05, 0.1) is 7.11 Å². The van der Waals surface area contributed by atoms with Crippen LogP contribution in [0, 0.1) is 6.92 Å². The summed E-state index contributed by atoms with van der Waals surface area (Å²) in [6.07, 6.45) is 0.459. The van der Waals surface area contributed by atoms with E-state index in [2.05, 4.69) is 23.6 Å². The molecule has 0 aliphatic heterocycles. The number of amides is 1. The third-order valence-electron chi connectivity index (χ3n) is 3.77. The molecule has 0 aliphatic rings. The molecule has 122 valence electrons. The number of carbonyl (C=O) groups excluding carboxylic acids is 1. The van der Waals surface area contributed by atoms with E-state index in [1.165, 1.54) is 5.56 Å². The first-order valence-electron chi connectivity index (χ1n) is 7.84. The van der Waals surface area contributed by atoms with Crippen LogP contribution in [-0.2, 0) is 17.9 Å². The van der Waals surface area contributed by atoms with Crippen molar-refractivity contribution < 1.29 is 9.53 Å². The number of hydrogen-bond acceptors (Lipinski definition) is 3. The lowest BCUT2D eigenvalue weighted by Crippen LogP contribution is -2.27. The molecule has 0 fully saturated rings. The summed E-state index contributed by atoms with van der Waals surface area (Å²) in [6.45, 7) is 3.96. The van der Waals surface area contributed by atoms with Gasteiger partial charge in [-0.15, -0.1) is 0 Å². The summed E-state index contributed by atoms with van der Waals surface area (Å²) in [5.74, 6) is 0.921. The zero-order valence-corrected chi connectivity index (χ0v) is 13.8. The minimum atomic E-state index is 0.0563. The van der Waals surface area contributed by atoms with Crippen molar-refractivity contribution in [1.29, 1.82) is 0 Å². The summed E-state index contributed by atoms with van der Waals surface area (Å²) in [5, 5.41) is 6.23. The largest absolute Gasteiger partial charge is 0.496 e. The van der Waals surface area contributed by atoms with E-state index >= 15 is 0 Å². The highest BCUT2D eigenvalue weighted by Crippen LogP contribution is 2.16. The number of methoxy groups -OCH3 is 1. The van der Waals surface area contributed by atoms with Gasteiger partial charge in [0.1, 0.15) is 5.75 Å². The Bertz CT molecular complexity index is 641. The van der Waals surface area contributed by atoms with Crippen molar-refractivity contribution in [3.8, 4) is 5.75 Å². The number of para-hydroxylation sites is 1. The predicted octanol–water partition coefficient (Wildman–Crippen LogP) is 2.80. The van der Waals surface area contributed by atoms with E-state index in [0.717, 1.165) is 16.9 Å². The standard InChI is InChI=1S/C19H24N2O2/c1-15-7-3-4-8-16(15)14-21-19(22)11-12-20-13-17-9-5-6-10-18(17)23-2/h3-10,20H,11-14H2,1-2H3,(H,21,22). The molecule has 0 bridgehead atoms. The Morgan fingerprint density at radius 1 is 1.00 bits per heavy atom. The highest BCUT2D eigenvalue weighted by Gasteiger charge is 2.04. The third-order valence-corrected chi connectivity index (χ3v) is 3.77. The minimum absolute atomic E-state index is 0.0563. The third kappa shape index (κ3) is 5.42. The van der Waals surface area contributed by atoms with Crippen molar-refractivity contribution in [2.45, 2.75) is 26.4 Å². The van der Waals surface area contributed by atoms with Gasteiger partial charge in [-0.05, 0) is 24.1 Å². The fourth-order valence-electron chi connectivity index (χ4n) is 2.36. The second-order valence-electron chi connectivity index (χ2n) is 5.44. The second-order valence-corrected chi connectivity index (χ2v) is 5.44. The van der Waals surface area contributed by atoms with Gasteiger partial charge < -0.3 is 15.4 Å². The fraction of sp³-hybridized carbons (Fsp3) is 0.316. The van der Waals surface area contributed by atoms with Gasteiger partial charge in [0.15, 0.2) is 0 Å². The van der Waals surface area contributed by atoms with E-state index in [0.29, 0.717) is 26.1 Å². The number of carbonyl (C=O) groups is 1. The zero-order chi connectivity index (χ0) is 16.5. The SMILES string of the molecule is COc1ccccc1CNCCC(=O)NCc1ccccc1C. The van der Waals surface area contributed by atoms with Gasteiger partial charge in [-0.1, -0.05) is 42.5 Å². The van der Waals surface area contributed by atoms with Crippen molar-refractivity contribution in [3.63, 3.8) is 0 Å². The highest BCUT2D eigenvalue weighted by molar-refractivity contribution is 5.76. The molecule has 0 spiro atoms. The molecule has 0 heterocycles. The van der Waals surface area contributed by atoms with Gasteiger partial charge in [0, 0.05) is 31.6 Å². The number of nitrogens with one attached hydrogen (secondary N) is 2. The second kappa shape index (κ2) is 8.96. The van der Waals surface area contributed by atoms with Gasteiger partial charge in [0.2, 0.25) is 5.91 Å². The first kappa shape index (κ1) is 17.0. The maximum absolute atomic E-state index is 11.9. The first-order valence-corrected chi connectivity index (χ1v) is 7.84. The minimum Gasteiger partial charge on any atom is -0.496 e. The molecule has 1 amide bonds. The number of hydrogen-bond donors (Lipinski definition) is 2. The van der Waals surface area contributed by atoms with Crippen LogP contribution in [0.1, 0.15) is 23.1 Å². The average molecular weight is 312 g/mol. The van der Waals surface area contributed by atoms with Crippen LogP contribution in [0.5, 0.6) is 5.75 Å². The quantitative estimate of drug-likeness (QED) is 0.737. The Balaban J connectivity index is 1.68. The molecule has 4 heteroatoms. The summed E-state index contributed by atoms with van der Waals surface area (Å²) in [7, 11) is 1.66. The lowest BCUT2D eigenvalue weighted by molar-refractivity contribution is -0.121. The van der Waals surface area contributed by atoms with Crippen molar-refractivity contribution in [2.75, 3.05) is 13.7 Å². The summed E-state index contributed by atoms with van der Waals surface area (Å²) in [5.41, 5.74) is 3.44. The normalized spacial score (nSPS) is 10.3. The Morgan fingerprint density at radius 2 is 1.70 bits per heavy atom. The van der Waals surface area contributed by atoms with Crippen LogP contribution in [0.15, 0.2) is 48.5 Å². The molecular weight excluding hydrogens is 288 g/mol. The van der Waals surface area contributed by atoms with Crippen LogP contribution < -0.4 is 15.4 Å². The molecule has 2 aromatic carbocycles. The summed E-state index contributed by atoms with van der Waals surface area (Å²) < 4.78 is 5.30. The molecule has 2 aromatic rings. The molecule has 4 nitrogen and oxygen atoms in total. The van der Waals surface area contributed by atoms with E-state index < -0.39 is 0 Å². The van der Waals surface area contributed by atoms with E-state index in [1.54, 1.807) is 7.11 Å². The zero-order valence-electron chi connectivity index (χ0n) is 13.8. The lowest BCUT2D eigenvalue weighted by atomic mass is 10.1. The first-order chi connectivity index (χ1) is 11.2. The molecule has 0 aliphatic carbocycles. The van der Waals surface area contributed by atoms with Crippen molar-refractivity contribution in [2.24, 2.45) is 0 Å². The highest BCUT2D eigenvalue weighted by atomic mass is 16.5. The Labute approximate surface area is 137 Å². The molecule has 0 radical (unpaired) electrons. The van der Waals surface area contributed by atoms with Gasteiger partial charge in [-0.2, -0.15) is 0 Å². The van der Waals surface area contributed by atoms with E-state index in [1.807, 2.05) is 42.5 Å². The van der Waals surface area contributed by atoms with Crippen molar-refractivity contribution in [3.05, 3.63) is 65.2 Å². The number of ether oxygens (including phenoxy) is 1. The van der Waals surface area contributed by atoms with Crippen LogP contribution in [0.2, 0.25) is 0 Å². The lowest BCUT2D eigenvalue weighted by Gasteiger charge is -2.10. The van der Waals surface area contributed by atoms with Gasteiger partial charge >= 0.3 is 0 Å². The van der Waals surface area contributed by atoms with Crippen LogP contribution in [0.3, 0.4) is 0 Å². The number of rotatable bonds is 8. The average Bonchev–Trinajstić information content (AvgIpc) is 2.58. The van der Waals surface area contributed by atoms with Crippen molar-refractivity contribution >= 4 is 5.91 Å². The fourth-order valence-corrected chi connectivity index (χ4v) is 2.36. The van der Waals surface area contributed by atoms with Gasteiger partial charge in [-0.3, -0.25) is 4.79 Å². The van der Waals surface area contributed by atoms with Crippen LogP contribution in [0.25, 0.3) is 0 Å². The van der Waals surface area contributed by atoms with Crippen molar-refractivity contribution in [1.82, 2.24) is 10.6 Å². The van der Waals surface area contributed by atoms with Crippen LogP contribution in [0.4, 0.5) is 0 Å². The maximum atomic E-state index is 11.9. The molecule has 0 unspecified atom stereocenters. The smallest absolute Gasteiger partial charge is 0.221 e. The molecule has 0 atom stereocenters. The Hall–Kier alpha value is -2.33. The number of aryl methyl sites for hydroxylation is 1. The molecule has 0 saturated heterocycles. The number of benzene rings is 2. The molecule has 0 saturated carbocycles. The Morgan fingerprint density at radius 3 is 2.43 bits per heavy atom. The molecule has 23 heavy (non-hydrogen) atoms. The van der Waals surface area contributed by atoms with E-state index in [-0.39, 0.29) is 5.91 Å². The molecular formula is C19H24N2O2.